The maximum atomic E-state index is 12.0. The van der Waals surface area contributed by atoms with Crippen molar-refractivity contribution in [2.24, 2.45) is 0 Å². The van der Waals surface area contributed by atoms with E-state index in [-0.39, 0.29) is 15.6 Å². The zero-order chi connectivity index (χ0) is 18.3. The number of aliphatic carboxylic acids is 1. The Hall–Kier alpha value is -2.32. The summed E-state index contributed by atoms with van der Waals surface area (Å²) >= 11 is 11.7. The molecule has 130 valence electrons. The lowest BCUT2D eigenvalue weighted by Crippen LogP contribution is -2.44. The number of rotatable bonds is 7. The molecule has 0 aliphatic rings. The summed E-state index contributed by atoms with van der Waals surface area (Å²) in [5.74, 6) is -3.12. The van der Waals surface area contributed by atoms with E-state index in [1.54, 1.807) is 0 Å². The molecule has 1 aromatic rings. The number of hydrogen-bond acceptors (Lipinski definition) is 6. The van der Waals surface area contributed by atoms with Crippen LogP contribution in [0, 0.1) is 0 Å². The zero-order valence-electron chi connectivity index (χ0n) is 12.4. The molecule has 0 aliphatic heterocycles. The maximum absolute atomic E-state index is 12.0. The Morgan fingerprint density at radius 1 is 1.21 bits per heavy atom. The number of Topliss-reactive ketones (excluding diaryl/α,β-unsaturated/α-hetero) is 1. The summed E-state index contributed by atoms with van der Waals surface area (Å²) in [6.45, 7) is -0.775. The fraction of sp³-hybridized carbons (Fsp3) is 0.286. The molecule has 10 heteroatoms. The number of carboxylic acid groups (broad SMARTS) is 1. The van der Waals surface area contributed by atoms with Crippen LogP contribution in [0.3, 0.4) is 0 Å². The highest BCUT2D eigenvalue weighted by molar-refractivity contribution is 6.39. The van der Waals surface area contributed by atoms with Gasteiger partial charge in [0.1, 0.15) is 6.04 Å². The van der Waals surface area contributed by atoms with Gasteiger partial charge in [-0.3, -0.25) is 9.59 Å². The lowest BCUT2D eigenvalue weighted by molar-refractivity contribution is -0.139. The molecule has 0 saturated heterocycles. The summed E-state index contributed by atoms with van der Waals surface area (Å²) in [4.78, 5) is 45.8. The highest BCUT2D eigenvalue weighted by Gasteiger charge is 2.26. The number of carboxylic acids is 1. The molecule has 8 nitrogen and oxygen atoms in total. The summed E-state index contributed by atoms with van der Waals surface area (Å²) in [6, 6.07) is 2.94. The number of ketones is 1. The maximum Gasteiger partial charge on any atom is 0.407 e. The number of hydrogen-bond donors (Lipinski definition) is 2. The van der Waals surface area contributed by atoms with Gasteiger partial charge in [-0.1, -0.05) is 29.3 Å². The van der Waals surface area contributed by atoms with Gasteiger partial charge in [-0.25, -0.2) is 9.59 Å². The van der Waals surface area contributed by atoms with E-state index in [9.17, 15) is 19.2 Å². The first kappa shape index (κ1) is 19.7. The topological polar surface area (TPSA) is 119 Å². The fourth-order valence-electron chi connectivity index (χ4n) is 1.62. The van der Waals surface area contributed by atoms with E-state index in [4.69, 9.17) is 33.0 Å². The van der Waals surface area contributed by atoms with Gasteiger partial charge in [0, 0.05) is 0 Å². The standard InChI is InChI=1S/C14H13Cl2NO7/c1-23-14(22)17-9(5-11(19)20)10(18)6-24-13(21)12-7(15)3-2-4-8(12)16/h2-4,9H,5-6H2,1H3,(H,17,22)(H,19,20). The minimum atomic E-state index is -1.41. The van der Waals surface area contributed by atoms with Crippen molar-refractivity contribution in [1.82, 2.24) is 5.32 Å². The third-order valence-electron chi connectivity index (χ3n) is 2.76. The number of esters is 1. The summed E-state index contributed by atoms with van der Waals surface area (Å²) in [5, 5.41) is 10.9. The monoisotopic (exact) mass is 377 g/mol. The molecule has 1 unspecified atom stereocenters. The number of carbonyl (C=O) groups is 4. The normalized spacial score (nSPS) is 11.3. The van der Waals surface area contributed by atoms with E-state index in [1.807, 2.05) is 5.32 Å². The van der Waals surface area contributed by atoms with Crippen LogP contribution < -0.4 is 5.32 Å². The Labute approximate surface area is 146 Å². The van der Waals surface area contributed by atoms with Crippen LogP contribution in [-0.4, -0.2) is 48.7 Å². The van der Waals surface area contributed by atoms with Crippen molar-refractivity contribution in [2.75, 3.05) is 13.7 Å². The van der Waals surface area contributed by atoms with Crippen LogP contribution in [0.1, 0.15) is 16.8 Å². The van der Waals surface area contributed by atoms with Crippen molar-refractivity contribution in [3.8, 4) is 0 Å². The smallest absolute Gasteiger partial charge is 0.407 e. The molecule has 2 N–H and O–H groups in total. The Kier molecular flexibility index (Phi) is 7.47. The lowest BCUT2D eigenvalue weighted by Gasteiger charge is -2.15. The molecular weight excluding hydrogens is 365 g/mol. The number of carbonyl (C=O) groups excluding carboxylic acids is 3. The quantitative estimate of drug-likeness (QED) is 0.696. The van der Waals surface area contributed by atoms with E-state index in [1.165, 1.54) is 18.2 Å². The van der Waals surface area contributed by atoms with Crippen LogP contribution in [0.2, 0.25) is 10.0 Å². The van der Waals surface area contributed by atoms with Crippen LogP contribution in [0.4, 0.5) is 4.79 Å². The summed E-state index contributed by atoms with van der Waals surface area (Å²) in [5.41, 5.74) is -0.121. The molecular formula is C14H13Cl2NO7. The van der Waals surface area contributed by atoms with E-state index >= 15 is 0 Å². The predicted molar refractivity (Wildman–Crippen MR) is 83.3 cm³/mol. The van der Waals surface area contributed by atoms with E-state index < -0.39 is 42.9 Å². The van der Waals surface area contributed by atoms with Crippen molar-refractivity contribution in [3.63, 3.8) is 0 Å². The number of nitrogens with one attached hydrogen (secondary N) is 1. The molecule has 0 aromatic heterocycles. The molecule has 0 spiro atoms. The molecule has 0 bridgehead atoms. The van der Waals surface area contributed by atoms with Crippen LogP contribution in [0.5, 0.6) is 0 Å². The Morgan fingerprint density at radius 3 is 2.29 bits per heavy atom. The van der Waals surface area contributed by atoms with Crippen molar-refractivity contribution < 1.29 is 33.8 Å². The van der Waals surface area contributed by atoms with E-state index in [2.05, 4.69) is 4.74 Å². The molecule has 1 rings (SSSR count). The molecule has 0 radical (unpaired) electrons. The number of benzene rings is 1. The van der Waals surface area contributed by atoms with Gasteiger partial charge < -0.3 is 19.9 Å². The third-order valence-corrected chi connectivity index (χ3v) is 3.39. The van der Waals surface area contributed by atoms with Gasteiger partial charge in [0.15, 0.2) is 12.4 Å². The second-order valence-electron chi connectivity index (χ2n) is 4.43. The second kappa shape index (κ2) is 9.09. The number of alkyl carbamates (subject to hydrolysis) is 1. The van der Waals surface area contributed by atoms with Crippen molar-refractivity contribution in [3.05, 3.63) is 33.8 Å². The van der Waals surface area contributed by atoms with Gasteiger partial charge in [-0.2, -0.15) is 0 Å². The summed E-state index contributed by atoms with van der Waals surface area (Å²) in [7, 11) is 1.05. The van der Waals surface area contributed by atoms with Gasteiger partial charge in [-0.05, 0) is 12.1 Å². The van der Waals surface area contributed by atoms with Gasteiger partial charge in [0.25, 0.3) is 0 Å². The van der Waals surface area contributed by atoms with Crippen molar-refractivity contribution in [1.29, 1.82) is 0 Å². The summed E-state index contributed by atoms with van der Waals surface area (Å²) < 4.78 is 9.09. The molecule has 0 heterocycles. The average molecular weight is 378 g/mol. The number of methoxy groups -OCH3 is 1. The summed E-state index contributed by atoms with van der Waals surface area (Å²) in [6.07, 6.45) is -1.69. The fourth-order valence-corrected chi connectivity index (χ4v) is 2.18. The Morgan fingerprint density at radius 2 is 1.79 bits per heavy atom. The molecule has 1 aromatic carbocycles. The average Bonchev–Trinajstić information content (AvgIpc) is 2.51. The first-order valence-corrected chi connectivity index (χ1v) is 7.22. The van der Waals surface area contributed by atoms with E-state index in [0.29, 0.717) is 0 Å². The molecule has 0 fully saturated rings. The first-order chi connectivity index (χ1) is 11.3. The van der Waals surface area contributed by atoms with Gasteiger partial charge >= 0.3 is 18.0 Å². The van der Waals surface area contributed by atoms with Gasteiger partial charge in [0.2, 0.25) is 0 Å². The highest BCUT2D eigenvalue weighted by atomic mass is 35.5. The second-order valence-corrected chi connectivity index (χ2v) is 5.24. The Bertz CT molecular complexity index is 642. The Balaban J connectivity index is 2.75. The van der Waals surface area contributed by atoms with Gasteiger partial charge in [-0.15, -0.1) is 0 Å². The van der Waals surface area contributed by atoms with Crippen LogP contribution in [0.25, 0.3) is 0 Å². The molecule has 24 heavy (non-hydrogen) atoms. The van der Waals surface area contributed by atoms with Crippen LogP contribution in [-0.2, 0) is 19.1 Å². The first-order valence-electron chi connectivity index (χ1n) is 6.46. The highest BCUT2D eigenvalue weighted by Crippen LogP contribution is 2.24. The molecule has 1 atom stereocenters. The lowest BCUT2D eigenvalue weighted by atomic mass is 10.1. The van der Waals surface area contributed by atoms with Crippen molar-refractivity contribution >= 4 is 47.0 Å². The SMILES string of the molecule is COC(=O)NC(CC(=O)O)C(=O)COC(=O)c1c(Cl)cccc1Cl. The predicted octanol–water partition coefficient (Wildman–Crippen LogP) is 1.92. The molecule has 0 aliphatic carbocycles. The molecule has 0 saturated carbocycles. The number of ether oxygens (including phenoxy) is 2. The van der Waals surface area contributed by atoms with Gasteiger partial charge in [0.05, 0.1) is 29.1 Å². The number of amides is 1. The third kappa shape index (κ3) is 5.71. The van der Waals surface area contributed by atoms with Crippen LogP contribution in [0.15, 0.2) is 18.2 Å². The minimum Gasteiger partial charge on any atom is -0.481 e. The van der Waals surface area contributed by atoms with Crippen LogP contribution >= 0.6 is 23.2 Å². The van der Waals surface area contributed by atoms with E-state index in [0.717, 1.165) is 7.11 Å². The number of halogens is 2. The largest absolute Gasteiger partial charge is 0.481 e. The minimum absolute atomic E-state index is 0.0368. The zero-order valence-corrected chi connectivity index (χ0v) is 13.9. The molecule has 1 amide bonds. The van der Waals surface area contributed by atoms with Crippen molar-refractivity contribution in [2.45, 2.75) is 12.5 Å².